The van der Waals surface area contributed by atoms with E-state index in [0.29, 0.717) is 6.61 Å². The van der Waals surface area contributed by atoms with Crippen molar-refractivity contribution in [3.05, 3.63) is 29.8 Å². The van der Waals surface area contributed by atoms with Crippen LogP contribution >= 0.6 is 12.4 Å². The van der Waals surface area contributed by atoms with Gasteiger partial charge in [0.25, 0.3) is 0 Å². The number of benzene rings is 1. The van der Waals surface area contributed by atoms with E-state index in [0.717, 1.165) is 37.5 Å². The molecule has 5 heteroatoms. The van der Waals surface area contributed by atoms with Gasteiger partial charge in [-0.1, -0.05) is 18.2 Å². The number of piperazine rings is 1. The molecule has 1 atom stereocenters. The number of nitrogens with one attached hydrogen (secondary N) is 1. The number of aliphatic hydroxyl groups is 1. The van der Waals surface area contributed by atoms with Crippen LogP contribution in [0.4, 0.5) is 0 Å². The molecule has 108 valence electrons. The first-order valence-electron chi connectivity index (χ1n) is 6.64. The molecule has 1 aliphatic heterocycles. The molecule has 0 aliphatic carbocycles. The van der Waals surface area contributed by atoms with Gasteiger partial charge in [-0.15, -0.1) is 12.4 Å². The van der Waals surface area contributed by atoms with E-state index in [-0.39, 0.29) is 25.1 Å². The Labute approximate surface area is 121 Å². The Morgan fingerprint density at radius 1 is 1.32 bits per heavy atom. The molecule has 1 fully saturated rings. The minimum atomic E-state index is 0. The number of hydrogen-bond acceptors (Lipinski definition) is 4. The predicted molar refractivity (Wildman–Crippen MR) is 79.1 cm³/mol. The van der Waals surface area contributed by atoms with Gasteiger partial charge in [-0.3, -0.25) is 4.90 Å². The zero-order chi connectivity index (χ0) is 12.8. The predicted octanol–water partition coefficient (Wildman–Crippen LogP) is 1.45. The second kappa shape index (κ2) is 8.38. The van der Waals surface area contributed by atoms with Crippen molar-refractivity contribution in [1.29, 1.82) is 0 Å². The second-order valence-electron chi connectivity index (χ2n) is 4.46. The van der Waals surface area contributed by atoms with Crippen molar-refractivity contribution in [2.75, 3.05) is 39.4 Å². The van der Waals surface area contributed by atoms with Crippen molar-refractivity contribution in [2.45, 2.75) is 13.0 Å². The Bertz CT molecular complexity index is 370. The summed E-state index contributed by atoms with van der Waals surface area (Å²) in [5.41, 5.74) is 1.09. The zero-order valence-electron chi connectivity index (χ0n) is 11.3. The number of ether oxygens (including phenoxy) is 1. The van der Waals surface area contributed by atoms with Gasteiger partial charge in [-0.05, 0) is 13.0 Å². The molecule has 0 saturated carbocycles. The largest absolute Gasteiger partial charge is 0.494 e. The summed E-state index contributed by atoms with van der Waals surface area (Å²) in [6.07, 6.45) is 0. The molecule has 0 aromatic heterocycles. The molecule has 0 bridgehead atoms. The van der Waals surface area contributed by atoms with Gasteiger partial charge in [0.15, 0.2) is 0 Å². The van der Waals surface area contributed by atoms with Gasteiger partial charge in [0.05, 0.1) is 19.3 Å². The van der Waals surface area contributed by atoms with Gasteiger partial charge in [0, 0.05) is 31.7 Å². The molecule has 0 amide bonds. The minimum Gasteiger partial charge on any atom is -0.494 e. The van der Waals surface area contributed by atoms with Gasteiger partial charge in [0.1, 0.15) is 5.75 Å². The van der Waals surface area contributed by atoms with Gasteiger partial charge < -0.3 is 15.2 Å². The van der Waals surface area contributed by atoms with Gasteiger partial charge in [-0.25, -0.2) is 0 Å². The van der Waals surface area contributed by atoms with Crippen LogP contribution in [0.1, 0.15) is 18.5 Å². The van der Waals surface area contributed by atoms with E-state index in [9.17, 15) is 5.11 Å². The van der Waals surface area contributed by atoms with Crippen molar-refractivity contribution >= 4 is 12.4 Å². The van der Waals surface area contributed by atoms with E-state index >= 15 is 0 Å². The smallest absolute Gasteiger partial charge is 0.124 e. The Morgan fingerprint density at radius 3 is 2.63 bits per heavy atom. The third-order valence-electron chi connectivity index (χ3n) is 3.34. The number of rotatable bonds is 5. The fourth-order valence-electron chi connectivity index (χ4n) is 2.45. The van der Waals surface area contributed by atoms with Crippen molar-refractivity contribution in [2.24, 2.45) is 0 Å². The van der Waals surface area contributed by atoms with E-state index in [2.05, 4.69) is 10.2 Å². The van der Waals surface area contributed by atoms with Crippen LogP contribution in [0, 0.1) is 0 Å². The van der Waals surface area contributed by atoms with E-state index in [1.807, 2.05) is 31.2 Å². The Balaban J connectivity index is 0.00000180. The molecular weight excluding hydrogens is 264 g/mol. The molecule has 2 N–H and O–H groups in total. The molecule has 1 heterocycles. The molecule has 0 radical (unpaired) electrons. The van der Waals surface area contributed by atoms with Gasteiger partial charge in [0.2, 0.25) is 0 Å². The van der Waals surface area contributed by atoms with Crippen LogP contribution in [0.3, 0.4) is 0 Å². The van der Waals surface area contributed by atoms with Crippen LogP contribution in [0.2, 0.25) is 0 Å². The third-order valence-corrected chi connectivity index (χ3v) is 3.34. The lowest BCUT2D eigenvalue weighted by Gasteiger charge is -2.34. The van der Waals surface area contributed by atoms with Crippen molar-refractivity contribution in [3.63, 3.8) is 0 Å². The second-order valence-corrected chi connectivity index (χ2v) is 4.46. The number of nitrogens with zero attached hydrogens (tertiary/aromatic N) is 1. The molecule has 1 aromatic rings. The normalized spacial score (nSPS) is 17.6. The first-order valence-corrected chi connectivity index (χ1v) is 6.64. The average Bonchev–Trinajstić information content (AvgIpc) is 2.43. The summed E-state index contributed by atoms with van der Waals surface area (Å²) in [6, 6.07) is 8.04. The Morgan fingerprint density at radius 2 is 2.00 bits per heavy atom. The highest BCUT2D eigenvalue weighted by atomic mass is 35.5. The molecule has 1 saturated heterocycles. The van der Waals surface area contributed by atoms with Crippen molar-refractivity contribution in [1.82, 2.24) is 10.2 Å². The quantitative estimate of drug-likeness (QED) is 0.860. The van der Waals surface area contributed by atoms with Crippen LogP contribution in [-0.4, -0.2) is 49.4 Å². The lowest BCUT2D eigenvalue weighted by Crippen LogP contribution is -2.46. The number of halogens is 1. The van der Waals surface area contributed by atoms with E-state index in [4.69, 9.17) is 4.74 Å². The molecule has 4 nitrogen and oxygen atoms in total. The highest BCUT2D eigenvalue weighted by molar-refractivity contribution is 5.85. The summed E-state index contributed by atoms with van der Waals surface area (Å²) < 4.78 is 5.66. The maximum Gasteiger partial charge on any atom is 0.124 e. The Hall–Kier alpha value is -0.810. The fraction of sp³-hybridized carbons (Fsp3) is 0.571. The first-order chi connectivity index (χ1) is 8.86. The lowest BCUT2D eigenvalue weighted by atomic mass is 10.0. The SMILES string of the molecule is CCOc1ccccc1[C@H](CO)N1CCNCC1.Cl. The third kappa shape index (κ3) is 4.08. The van der Waals surface area contributed by atoms with E-state index in [1.54, 1.807) is 0 Å². The molecule has 1 aliphatic rings. The maximum absolute atomic E-state index is 9.71. The van der Waals surface area contributed by atoms with Gasteiger partial charge in [-0.2, -0.15) is 0 Å². The lowest BCUT2D eigenvalue weighted by molar-refractivity contribution is 0.108. The highest BCUT2D eigenvalue weighted by Gasteiger charge is 2.23. The minimum absolute atomic E-state index is 0. The van der Waals surface area contributed by atoms with Crippen LogP contribution in [-0.2, 0) is 0 Å². The molecule has 19 heavy (non-hydrogen) atoms. The van der Waals surface area contributed by atoms with Crippen LogP contribution < -0.4 is 10.1 Å². The monoisotopic (exact) mass is 286 g/mol. The molecule has 0 spiro atoms. The highest BCUT2D eigenvalue weighted by Crippen LogP contribution is 2.29. The summed E-state index contributed by atoms with van der Waals surface area (Å²) in [4.78, 5) is 2.31. The van der Waals surface area contributed by atoms with Crippen LogP contribution in [0.5, 0.6) is 5.75 Å². The van der Waals surface area contributed by atoms with Crippen LogP contribution in [0.25, 0.3) is 0 Å². The summed E-state index contributed by atoms with van der Waals surface area (Å²) in [6.45, 7) is 6.65. The summed E-state index contributed by atoms with van der Waals surface area (Å²) >= 11 is 0. The number of hydrogen-bond donors (Lipinski definition) is 2. The number of para-hydroxylation sites is 1. The standard InChI is InChI=1S/C14H22N2O2.ClH/c1-2-18-14-6-4-3-5-12(14)13(11-17)16-9-7-15-8-10-16;/h3-6,13,15,17H,2,7-11H2,1H3;1H/t13-;/m0./s1. The molecular formula is C14H23ClN2O2. The van der Waals surface area contributed by atoms with Crippen molar-refractivity contribution in [3.8, 4) is 5.75 Å². The fourth-order valence-corrected chi connectivity index (χ4v) is 2.45. The first kappa shape index (κ1) is 16.2. The number of aliphatic hydroxyl groups excluding tert-OH is 1. The van der Waals surface area contributed by atoms with Crippen LogP contribution in [0.15, 0.2) is 24.3 Å². The average molecular weight is 287 g/mol. The molecule has 2 rings (SSSR count). The molecule has 1 aromatic carbocycles. The summed E-state index contributed by atoms with van der Waals surface area (Å²) in [5.74, 6) is 0.887. The van der Waals surface area contributed by atoms with E-state index in [1.165, 1.54) is 0 Å². The van der Waals surface area contributed by atoms with E-state index < -0.39 is 0 Å². The molecule has 0 unspecified atom stereocenters. The van der Waals surface area contributed by atoms with Crippen molar-refractivity contribution < 1.29 is 9.84 Å². The van der Waals surface area contributed by atoms with Gasteiger partial charge >= 0.3 is 0 Å². The maximum atomic E-state index is 9.71. The zero-order valence-corrected chi connectivity index (χ0v) is 12.2. The topological polar surface area (TPSA) is 44.7 Å². The Kier molecular flexibility index (Phi) is 7.16. The summed E-state index contributed by atoms with van der Waals surface area (Å²) in [7, 11) is 0. The summed E-state index contributed by atoms with van der Waals surface area (Å²) in [5, 5.41) is 13.0.